The number of rotatable bonds is 3. The van der Waals surface area contributed by atoms with Crippen molar-refractivity contribution in [2.45, 2.75) is 12.0 Å². The first-order chi connectivity index (χ1) is 17.9. The molecule has 3 heterocycles. The zero-order chi connectivity index (χ0) is 25.9. The number of para-hydroxylation sites is 1. The Bertz CT molecular complexity index is 1610. The minimum atomic E-state index is -1.80. The highest BCUT2D eigenvalue weighted by Gasteiger charge is 2.63. The van der Waals surface area contributed by atoms with Crippen LogP contribution in [0.25, 0.3) is 0 Å². The van der Waals surface area contributed by atoms with Gasteiger partial charge in [-0.15, -0.1) is 0 Å². The number of benzene rings is 3. The maximum atomic E-state index is 14.5. The van der Waals surface area contributed by atoms with Gasteiger partial charge in [0, 0.05) is 22.0 Å². The SMILES string of the molecule is N#CC1=C(N)N(c2ccc(F)cc2)C2=C(C(=O)OC2)[C@@]12C(=O)N(Cc1ccccc1Cl)c1ccccc12. The molecule has 9 heteroatoms. The van der Waals surface area contributed by atoms with Crippen molar-refractivity contribution >= 4 is 34.9 Å². The van der Waals surface area contributed by atoms with Crippen LogP contribution in [-0.4, -0.2) is 18.5 Å². The maximum Gasteiger partial charge on any atom is 0.338 e. The minimum Gasteiger partial charge on any atom is -0.456 e. The van der Waals surface area contributed by atoms with Gasteiger partial charge in [0.1, 0.15) is 29.7 Å². The first-order valence-electron chi connectivity index (χ1n) is 11.4. The van der Waals surface area contributed by atoms with Crippen LogP contribution >= 0.6 is 11.6 Å². The van der Waals surface area contributed by atoms with E-state index in [2.05, 4.69) is 6.07 Å². The number of anilines is 2. The molecule has 37 heavy (non-hydrogen) atoms. The summed E-state index contributed by atoms with van der Waals surface area (Å²) in [7, 11) is 0. The van der Waals surface area contributed by atoms with Gasteiger partial charge in [-0.2, -0.15) is 5.26 Å². The van der Waals surface area contributed by atoms with Crippen molar-refractivity contribution in [1.29, 1.82) is 5.26 Å². The molecule has 7 nitrogen and oxygen atoms in total. The number of carbonyl (C=O) groups is 2. The average molecular weight is 513 g/mol. The predicted molar refractivity (Wildman–Crippen MR) is 134 cm³/mol. The van der Waals surface area contributed by atoms with E-state index < -0.39 is 23.1 Å². The molecule has 6 rings (SSSR count). The minimum absolute atomic E-state index is 0.0293. The molecular weight excluding hydrogens is 495 g/mol. The zero-order valence-electron chi connectivity index (χ0n) is 19.2. The number of nitrogens with zero attached hydrogens (tertiary/aromatic N) is 3. The van der Waals surface area contributed by atoms with Gasteiger partial charge in [0.05, 0.1) is 23.4 Å². The standard InChI is InChI=1S/C28H18ClFN4O3/c29-21-7-3-1-5-16(21)14-33-22-8-4-2-6-19(22)28(27(33)36)20(13-31)25(32)34(18-11-9-17(30)10-12-18)23-15-37-26(35)24(23)28/h1-12H,14-15,32H2/t28-/m0/s1. The Labute approximate surface area is 216 Å². The molecule has 2 N–H and O–H groups in total. The summed E-state index contributed by atoms with van der Waals surface area (Å²) in [5.74, 6) is -1.71. The van der Waals surface area contributed by atoms with Crippen molar-refractivity contribution in [2.75, 3.05) is 16.4 Å². The Kier molecular flexibility index (Phi) is 5.07. The van der Waals surface area contributed by atoms with Crippen LogP contribution in [0.4, 0.5) is 15.8 Å². The van der Waals surface area contributed by atoms with Crippen LogP contribution in [-0.2, 0) is 26.3 Å². The van der Waals surface area contributed by atoms with Crippen molar-refractivity contribution in [3.63, 3.8) is 0 Å². The van der Waals surface area contributed by atoms with Crippen molar-refractivity contribution in [3.05, 3.63) is 117 Å². The number of hydrogen-bond acceptors (Lipinski definition) is 6. The number of carbonyl (C=O) groups excluding carboxylic acids is 2. The quantitative estimate of drug-likeness (QED) is 0.526. The number of cyclic esters (lactones) is 1. The van der Waals surface area contributed by atoms with Crippen molar-refractivity contribution in [2.24, 2.45) is 5.73 Å². The molecule has 3 aliphatic rings. The molecule has 1 amide bonds. The third-order valence-corrected chi connectivity index (χ3v) is 7.37. The van der Waals surface area contributed by atoms with E-state index in [0.29, 0.717) is 33.2 Å². The Morgan fingerprint density at radius 2 is 1.76 bits per heavy atom. The smallest absolute Gasteiger partial charge is 0.338 e. The van der Waals surface area contributed by atoms with Crippen molar-refractivity contribution in [1.82, 2.24) is 0 Å². The highest BCUT2D eigenvalue weighted by atomic mass is 35.5. The molecule has 0 saturated heterocycles. The molecule has 3 aromatic carbocycles. The van der Waals surface area contributed by atoms with Crippen LogP contribution < -0.4 is 15.5 Å². The molecule has 182 valence electrons. The number of ether oxygens (including phenoxy) is 1. The van der Waals surface area contributed by atoms with Gasteiger partial charge < -0.3 is 15.4 Å². The Balaban J connectivity index is 1.61. The summed E-state index contributed by atoms with van der Waals surface area (Å²) < 4.78 is 19.1. The molecule has 3 aromatic rings. The Hall–Kier alpha value is -4.61. The second-order valence-corrected chi connectivity index (χ2v) is 9.24. The zero-order valence-corrected chi connectivity index (χ0v) is 20.0. The van der Waals surface area contributed by atoms with Crippen LogP contribution in [0.3, 0.4) is 0 Å². The van der Waals surface area contributed by atoms with Gasteiger partial charge in [-0.25, -0.2) is 9.18 Å². The fourth-order valence-electron chi connectivity index (χ4n) is 5.43. The van der Waals surface area contributed by atoms with Crippen molar-refractivity contribution in [3.8, 4) is 6.07 Å². The molecule has 0 aromatic heterocycles. The second-order valence-electron chi connectivity index (χ2n) is 8.83. The van der Waals surface area contributed by atoms with Gasteiger partial charge >= 0.3 is 5.97 Å². The van der Waals surface area contributed by atoms with E-state index in [0.717, 1.165) is 0 Å². The number of amides is 1. The molecule has 0 aliphatic carbocycles. The molecule has 1 atom stereocenters. The molecule has 0 saturated carbocycles. The van der Waals surface area contributed by atoms with E-state index in [4.69, 9.17) is 22.1 Å². The lowest BCUT2D eigenvalue weighted by molar-refractivity contribution is -0.137. The topological polar surface area (TPSA) is 99.7 Å². The monoisotopic (exact) mass is 512 g/mol. The molecule has 3 aliphatic heterocycles. The maximum absolute atomic E-state index is 14.5. The van der Waals surface area contributed by atoms with Gasteiger partial charge in [-0.1, -0.05) is 48.0 Å². The normalized spacial score (nSPS) is 20.4. The van der Waals surface area contributed by atoms with Gasteiger partial charge in [-0.05, 0) is 42.0 Å². The lowest BCUT2D eigenvalue weighted by atomic mass is 9.67. The van der Waals surface area contributed by atoms with E-state index >= 15 is 0 Å². The van der Waals surface area contributed by atoms with E-state index in [1.807, 2.05) is 12.1 Å². The van der Waals surface area contributed by atoms with Gasteiger partial charge in [0.25, 0.3) is 0 Å². The number of hydrogen-bond donors (Lipinski definition) is 1. The van der Waals surface area contributed by atoms with Gasteiger partial charge in [0.15, 0.2) is 0 Å². The van der Waals surface area contributed by atoms with Gasteiger partial charge in [0.2, 0.25) is 5.91 Å². The Morgan fingerprint density at radius 3 is 2.49 bits per heavy atom. The summed E-state index contributed by atoms with van der Waals surface area (Å²) in [5, 5.41) is 10.9. The molecule has 0 radical (unpaired) electrons. The summed E-state index contributed by atoms with van der Waals surface area (Å²) >= 11 is 6.41. The molecule has 1 spiro atoms. The largest absolute Gasteiger partial charge is 0.456 e. The summed E-state index contributed by atoms with van der Waals surface area (Å²) in [6.07, 6.45) is 0. The number of fused-ring (bicyclic) bond motifs is 3. The lowest BCUT2D eigenvalue weighted by Crippen LogP contribution is -2.50. The molecule has 0 bridgehead atoms. The van der Waals surface area contributed by atoms with E-state index in [9.17, 15) is 19.2 Å². The summed E-state index contributed by atoms with van der Waals surface area (Å²) in [5.41, 5.74) is 7.18. The van der Waals surface area contributed by atoms with Crippen LogP contribution in [0.2, 0.25) is 5.02 Å². The molecule has 0 fully saturated rings. The summed E-state index contributed by atoms with van der Waals surface area (Å²) in [6.45, 7) is -0.0398. The van der Waals surface area contributed by atoms with Crippen molar-refractivity contribution < 1.29 is 18.7 Å². The lowest BCUT2D eigenvalue weighted by Gasteiger charge is -2.38. The highest BCUT2D eigenvalue weighted by molar-refractivity contribution is 6.31. The Morgan fingerprint density at radius 1 is 1.05 bits per heavy atom. The third kappa shape index (κ3) is 3.04. The number of nitriles is 1. The fraction of sp³-hybridized carbons (Fsp3) is 0.107. The average Bonchev–Trinajstić information content (AvgIpc) is 3.39. The number of nitrogens with two attached hydrogens (primary N) is 1. The third-order valence-electron chi connectivity index (χ3n) is 7.00. The summed E-state index contributed by atoms with van der Waals surface area (Å²) in [6, 6.07) is 21.7. The predicted octanol–water partition coefficient (Wildman–Crippen LogP) is 4.29. The van der Waals surface area contributed by atoms with Gasteiger partial charge in [-0.3, -0.25) is 9.69 Å². The van der Waals surface area contributed by atoms with Crippen LogP contribution in [0.15, 0.2) is 95.5 Å². The summed E-state index contributed by atoms with van der Waals surface area (Å²) in [4.78, 5) is 30.8. The second kappa shape index (κ2) is 8.22. The highest BCUT2D eigenvalue weighted by Crippen LogP contribution is 2.56. The van der Waals surface area contributed by atoms with Crippen LogP contribution in [0.5, 0.6) is 0 Å². The van der Waals surface area contributed by atoms with Crippen LogP contribution in [0, 0.1) is 17.1 Å². The van der Waals surface area contributed by atoms with E-state index in [1.165, 1.54) is 34.1 Å². The first-order valence-corrected chi connectivity index (χ1v) is 11.8. The number of esters is 1. The number of halogens is 2. The molecular formula is C28H18ClFN4O3. The first kappa shape index (κ1) is 22.8. The fourth-order valence-corrected chi connectivity index (χ4v) is 5.63. The van der Waals surface area contributed by atoms with E-state index in [-0.39, 0.29) is 30.1 Å². The van der Waals surface area contributed by atoms with E-state index in [1.54, 1.807) is 36.4 Å². The van der Waals surface area contributed by atoms with Crippen LogP contribution in [0.1, 0.15) is 11.1 Å². The molecule has 0 unspecified atom stereocenters.